The Morgan fingerprint density at radius 1 is 1.56 bits per heavy atom. The second-order valence-electron chi connectivity index (χ2n) is 2.59. The van der Waals surface area contributed by atoms with E-state index < -0.39 is 0 Å². The van der Waals surface area contributed by atoms with E-state index in [4.69, 9.17) is 4.74 Å². The third-order valence-corrected chi connectivity index (χ3v) is 1.87. The van der Waals surface area contributed by atoms with Gasteiger partial charge in [0.05, 0.1) is 6.61 Å². The predicted octanol–water partition coefficient (Wildman–Crippen LogP) is 0.651. The molecule has 0 aromatic heterocycles. The average Bonchev–Trinajstić information content (AvgIpc) is 1.88. The molecule has 9 heavy (non-hydrogen) atoms. The van der Waals surface area contributed by atoms with E-state index in [0.717, 1.165) is 19.4 Å². The highest BCUT2D eigenvalue weighted by atomic mass is 16.5. The summed E-state index contributed by atoms with van der Waals surface area (Å²) in [5.41, 5.74) is 0. The van der Waals surface area contributed by atoms with E-state index >= 15 is 0 Å². The Hall–Kier alpha value is -0.340. The Balaban J connectivity index is 2.09. The SMILES string of the molecule is C1=CC2CCOC(C1)N2. The van der Waals surface area contributed by atoms with Gasteiger partial charge in [-0.25, -0.2) is 0 Å². The van der Waals surface area contributed by atoms with E-state index in [-0.39, 0.29) is 0 Å². The summed E-state index contributed by atoms with van der Waals surface area (Å²) in [5, 5.41) is 3.34. The van der Waals surface area contributed by atoms with E-state index in [1.807, 2.05) is 0 Å². The smallest absolute Gasteiger partial charge is 0.112 e. The first-order valence-corrected chi connectivity index (χ1v) is 3.49. The monoisotopic (exact) mass is 125 g/mol. The first-order chi connectivity index (χ1) is 4.45. The fraction of sp³-hybridized carbons (Fsp3) is 0.714. The van der Waals surface area contributed by atoms with Crippen molar-refractivity contribution in [1.82, 2.24) is 5.32 Å². The van der Waals surface area contributed by atoms with Crippen molar-refractivity contribution in [3.63, 3.8) is 0 Å². The summed E-state index contributed by atoms with van der Waals surface area (Å²) in [7, 11) is 0. The van der Waals surface area contributed by atoms with Gasteiger partial charge in [-0.05, 0) is 6.42 Å². The van der Waals surface area contributed by atoms with Crippen LogP contribution in [0, 0.1) is 0 Å². The number of rotatable bonds is 0. The van der Waals surface area contributed by atoms with Crippen LogP contribution in [-0.2, 0) is 4.74 Å². The Morgan fingerprint density at radius 2 is 2.56 bits per heavy atom. The zero-order chi connectivity index (χ0) is 6.10. The van der Waals surface area contributed by atoms with E-state index in [2.05, 4.69) is 17.5 Å². The van der Waals surface area contributed by atoms with Gasteiger partial charge in [-0.1, -0.05) is 12.2 Å². The molecule has 2 heteroatoms. The van der Waals surface area contributed by atoms with Crippen molar-refractivity contribution >= 4 is 0 Å². The van der Waals surface area contributed by atoms with Crippen LogP contribution >= 0.6 is 0 Å². The topological polar surface area (TPSA) is 21.3 Å². The average molecular weight is 125 g/mol. The van der Waals surface area contributed by atoms with Gasteiger partial charge in [-0.2, -0.15) is 0 Å². The lowest BCUT2D eigenvalue weighted by molar-refractivity contribution is -0.0129. The molecule has 2 aliphatic heterocycles. The maximum absolute atomic E-state index is 5.39. The van der Waals surface area contributed by atoms with Crippen LogP contribution in [0.4, 0.5) is 0 Å². The number of hydrogen-bond donors (Lipinski definition) is 1. The molecular formula is C7H11NO. The van der Waals surface area contributed by atoms with Crippen LogP contribution in [0.3, 0.4) is 0 Å². The zero-order valence-electron chi connectivity index (χ0n) is 5.34. The second-order valence-corrected chi connectivity index (χ2v) is 2.59. The van der Waals surface area contributed by atoms with Crippen molar-refractivity contribution in [2.24, 2.45) is 0 Å². The fourth-order valence-electron chi connectivity index (χ4n) is 1.36. The molecule has 0 aliphatic carbocycles. The molecule has 2 bridgehead atoms. The van der Waals surface area contributed by atoms with E-state index in [9.17, 15) is 0 Å². The van der Waals surface area contributed by atoms with Crippen molar-refractivity contribution < 1.29 is 4.74 Å². The van der Waals surface area contributed by atoms with Crippen LogP contribution in [0.15, 0.2) is 12.2 Å². The highest BCUT2D eigenvalue weighted by Crippen LogP contribution is 2.13. The Morgan fingerprint density at radius 3 is 3.33 bits per heavy atom. The lowest BCUT2D eigenvalue weighted by atomic mass is 10.1. The lowest BCUT2D eigenvalue weighted by Gasteiger charge is -2.32. The molecule has 1 N–H and O–H groups in total. The van der Waals surface area contributed by atoms with E-state index in [1.54, 1.807) is 0 Å². The fourth-order valence-corrected chi connectivity index (χ4v) is 1.36. The third-order valence-electron chi connectivity index (χ3n) is 1.87. The van der Waals surface area contributed by atoms with Crippen LogP contribution < -0.4 is 5.32 Å². The standard InChI is InChI=1S/C7H11NO/c1-2-6-4-5-9-7(3-1)8-6/h1-2,6-8H,3-5H2. The van der Waals surface area contributed by atoms with E-state index in [0.29, 0.717) is 12.3 Å². The minimum Gasteiger partial charge on any atom is -0.363 e. The molecule has 2 heterocycles. The molecule has 0 aromatic carbocycles. The Kier molecular flexibility index (Phi) is 1.28. The maximum atomic E-state index is 5.39. The summed E-state index contributed by atoms with van der Waals surface area (Å²) in [6.07, 6.45) is 6.92. The quantitative estimate of drug-likeness (QED) is 0.480. The third kappa shape index (κ3) is 1.00. The molecule has 0 saturated carbocycles. The minimum atomic E-state index is 0.314. The van der Waals surface area contributed by atoms with Gasteiger partial charge in [0.1, 0.15) is 6.23 Å². The number of ether oxygens (including phenoxy) is 1. The van der Waals surface area contributed by atoms with Gasteiger partial charge in [-0.3, -0.25) is 5.32 Å². The van der Waals surface area contributed by atoms with Gasteiger partial charge in [0.2, 0.25) is 0 Å². The first kappa shape index (κ1) is 5.45. The van der Waals surface area contributed by atoms with Crippen LogP contribution in [0.2, 0.25) is 0 Å². The second kappa shape index (κ2) is 2.12. The van der Waals surface area contributed by atoms with Gasteiger partial charge in [0, 0.05) is 12.5 Å². The largest absolute Gasteiger partial charge is 0.363 e. The molecule has 1 fully saturated rings. The molecule has 2 unspecified atom stereocenters. The Bertz CT molecular complexity index is 133. The van der Waals surface area contributed by atoms with Gasteiger partial charge >= 0.3 is 0 Å². The molecule has 2 nitrogen and oxygen atoms in total. The van der Waals surface area contributed by atoms with Crippen molar-refractivity contribution in [3.05, 3.63) is 12.2 Å². The summed E-state index contributed by atoms with van der Waals surface area (Å²) in [6, 6.07) is 0.595. The van der Waals surface area contributed by atoms with Crippen LogP contribution in [0.5, 0.6) is 0 Å². The van der Waals surface area contributed by atoms with Crippen LogP contribution in [-0.4, -0.2) is 18.9 Å². The van der Waals surface area contributed by atoms with Gasteiger partial charge in [0.15, 0.2) is 0 Å². The summed E-state index contributed by atoms with van der Waals surface area (Å²) in [5.74, 6) is 0. The highest BCUT2D eigenvalue weighted by molar-refractivity contribution is 5.01. The molecule has 0 radical (unpaired) electrons. The first-order valence-electron chi connectivity index (χ1n) is 3.49. The van der Waals surface area contributed by atoms with Crippen molar-refractivity contribution in [3.8, 4) is 0 Å². The molecule has 0 amide bonds. The highest BCUT2D eigenvalue weighted by Gasteiger charge is 2.21. The number of fused-ring (bicyclic) bond motifs is 2. The molecule has 0 spiro atoms. The summed E-state index contributed by atoms with van der Waals surface area (Å²) >= 11 is 0. The van der Waals surface area contributed by atoms with Gasteiger partial charge < -0.3 is 4.74 Å². The normalized spacial score (nSPS) is 40.9. The molecule has 50 valence electrons. The lowest BCUT2D eigenvalue weighted by Crippen LogP contribution is -2.46. The van der Waals surface area contributed by atoms with Crippen LogP contribution in [0.25, 0.3) is 0 Å². The zero-order valence-corrected chi connectivity index (χ0v) is 5.34. The molecular weight excluding hydrogens is 114 g/mol. The van der Waals surface area contributed by atoms with Crippen molar-refractivity contribution in [2.75, 3.05) is 6.61 Å². The van der Waals surface area contributed by atoms with Gasteiger partial charge in [0.25, 0.3) is 0 Å². The minimum absolute atomic E-state index is 0.314. The molecule has 1 saturated heterocycles. The maximum Gasteiger partial charge on any atom is 0.112 e. The molecule has 0 aromatic rings. The molecule has 2 rings (SSSR count). The number of nitrogens with one attached hydrogen (secondary N) is 1. The van der Waals surface area contributed by atoms with E-state index in [1.165, 1.54) is 0 Å². The summed E-state index contributed by atoms with van der Waals surface area (Å²) in [6.45, 7) is 0.923. The van der Waals surface area contributed by atoms with Crippen LogP contribution in [0.1, 0.15) is 12.8 Å². The van der Waals surface area contributed by atoms with Crippen molar-refractivity contribution in [1.29, 1.82) is 0 Å². The predicted molar refractivity (Wildman–Crippen MR) is 35.0 cm³/mol. The van der Waals surface area contributed by atoms with Gasteiger partial charge in [-0.15, -0.1) is 0 Å². The summed E-state index contributed by atoms with van der Waals surface area (Å²) < 4.78 is 5.39. The van der Waals surface area contributed by atoms with Crippen molar-refractivity contribution in [2.45, 2.75) is 25.1 Å². The molecule has 2 aliphatic rings. The Labute approximate surface area is 54.9 Å². The molecule has 2 atom stereocenters. The summed E-state index contributed by atoms with van der Waals surface area (Å²) in [4.78, 5) is 0. The number of hydrogen-bond acceptors (Lipinski definition) is 2.